The minimum absolute atomic E-state index is 0.0410. The van der Waals surface area contributed by atoms with E-state index in [2.05, 4.69) is 30.7 Å². The van der Waals surface area contributed by atoms with Gasteiger partial charge in [-0.05, 0) is 32.9 Å². The molecule has 0 saturated carbocycles. The predicted molar refractivity (Wildman–Crippen MR) is 122 cm³/mol. The van der Waals surface area contributed by atoms with Gasteiger partial charge in [-0.15, -0.1) is 0 Å². The molecule has 176 valence electrons. The Balaban J connectivity index is 1.55. The Morgan fingerprint density at radius 2 is 1.69 bits per heavy atom. The molecule has 0 aliphatic carbocycles. The highest BCUT2D eigenvalue weighted by molar-refractivity contribution is 6.15. The third kappa shape index (κ3) is 2.77. The Morgan fingerprint density at radius 1 is 1.00 bits per heavy atom. The van der Waals surface area contributed by atoms with Crippen LogP contribution in [0.3, 0.4) is 0 Å². The molecule has 1 atom stereocenters. The average Bonchev–Trinajstić information content (AvgIpc) is 3.29. The molecule has 0 bridgehead atoms. The van der Waals surface area contributed by atoms with Crippen molar-refractivity contribution < 1.29 is 18.4 Å². The molecule has 9 nitrogen and oxygen atoms in total. The van der Waals surface area contributed by atoms with E-state index in [1.54, 1.807) is 39.0 Å². The number of fused-ring (bicyclic) bond motifs is 1. The lowest BCUT2D eigenvalue weighted by molar-refractivity contribution is -0.136. The molecular weight excluding hydrogens is 456 g/mol. The average molecular weight is 475 g/mol. The number of rotatable bonds is 3. The fourth-order valence-electron chi connectivity index (χ4n) is 4.75. The van der Waals surface area contributed by atoms with E-state index in [0.717, 1.165) is 6.20 Å². The zero-order valence-corrected chi connectivity index (χ0v) is 19.0. The molecule has 2 amide bonds. The molecular formula is C24H19F2N7O2. The maximum absolute atomic E-state index is 14.3. The van der Waals surface area contributed by atoms with Gasteiger partial charge >= 0.3 is 0 Å². The van der Waals surface area contributed by atoms with Crippen LogP contribution in [0.1, 0.15) is 31.9 Å². The molecule has 0 radical (unpaired) electrons. The number of benzene rings is 1. The number of hydrogen-bond acceptors (Lipinski definition) is 6. The standard InChI is InChI=1S/C24H19F2N7O2/c1-23(2)21(34)30-17-15-18(31-22(35)24(15,23)3)29-19(28-17)16-13-8-12(25)9-27-20(13)33(32-16)10-11-6-4-5-7-14(11)26/h4-9H,10H2,1-3H3,(H2,28,29,30,31,34,35). The number of pyridine rings is 1. The third-order valence-corrected chi connectivity index (χ3v) is 7.19. The number of carbonyl (C=O) groups is 2. The first-order chi connectivity index (χ1) is 16.6. The summed E-state index contributed by atoms with van der Waals surface area (Å²) in [5, 5.41) is 10.4. The fraction of sp³-hybridized carbons (Fsp3) is 0.250. The summed E-state index contributed by atoms with van der Waals surface area (Å²) in [6, 6.07) is 7.49. The van der Waals surface area contributed by atoms with Gasteiger partial charge < -0.3 is 10.6 Å². The first kappa shape index (κ1) is 21.3. The van der Waals surface area contributed by atoms with Gasteiger partial charge in [-0.25, -0.2) is 28.4 Å². The molecule has 6 rings (SSSR count). The Hall–Kier alpha value is -4.28. The number of amides is 2. The van der Waals surface area contributed by atoms with Crippen molar-refractivity contribution in [3.8, 4) is 11.5 Å². The van der Waals surface area contributed by atoms with E-state index in [-0.39, 0.29) is 41.5 Å². The van der Waals surface area contributed by atoms with Gasteiger partial charge in [0, 0.05) is 5.56 Å². The van der Waals surface area contributed by atoms with Crippen LogP contribution in [-0.4, -0.2) is 36.5 Å². The Kier molecular flexibility index (Phi) is 4.18. The molecule has 2 N–H and O–H groups in total. The Bertz CT molecular complexity index is 1600. The summed E-state index contributed by atoms with van der Waals surface area (Å²) in [7, 11) is 0. The summed E-state index contributed by atoms with van der Waals surface area (Å²) < 4.78 is 29.9. The number of halogens is 2. The molecule has 35 heavy (non-hydrogen) atoms. The largest absolute Gasteiger partial charge is 0.310 e. The van der Waals surface area contributed by atoms with Gasteiger partial charge in [-0.1, -0.05) is 18.2 Å². The first-order valence-electron chi connectivity index (χ1n) is 10.9. The second-order valence-corrected chi connectivity index (χ2v) is 9.40. The summed E-state index contributed by atoms with van der Waals surface area (Å²) in [5.74, 6) is -1.21. The van der Waals surface area contributed by atoms with E-state index in [0.29, 0.717) is 22.2 Å². The maximum Gasteiger partial charge on any atom is 0.237 e. The van der Waals surface area contributed by atoms with E-state index < -0.39 is 22.5 Å². The highest BCUT2D eigenvalue weighted by atomic mass is 19.1. The smallest absolute Gasteiger partial charge is 0.237 e. The summed E-state index contributed by atoms with van der Waals surface area (Å²) in [4.78, 5) is 39.1. The lowest BCUT2D eigenvalue weighted by Crippen LogP contribution is -2.54. The lowest BCUT2D eigenvalue weighted by atomic mass is 9.61. The van der Waals surface area contributed by atoms with Crippen molar-refractivity contribution in [3.05, 3.63) is 59.3 Å². The minimum Gasteiger partial charge on any atom is -0.310 e. The number of aromatic nitrogens is 5. The van der Waals surface area contributed by atoms with Crippen LogP contribution in [-0.2, 0) is 21.5 Å². The van der Waals surface area contributed by atoms with Crippen molar-refractivity contribution >= 4 is 34.5 Å². The molecule has 2 aliphatic heterocycles. The third-order valence-electron chi connectivity index (χ3n) is 7.19. The van der Waals surface area contributed by atoms with Crippen molar-refractivity contribution in [3.63, 3.8) is 0 Å². The highest BCUT2D eigenvalue weighted by Crippen LogP contribution is 2.54. The molecule has 1 unspecified atom stereocenters. The lowest BCUT2D eigenvalue weighted by Gasteiger charge is -2.42. The number of hydrogen-bond donors (Lipinski definition) is 2. The summed E-state index contributed by atoms with van der Waals surface area (Å²) in [5.41, 5.74) is -0.849. The molecule has 0 saturated heterocycles. The zero-order chi connectivity index (χ0) is 24.7. The van der Waals surface area contributed by atoms with E-state index in [4.69, 9.17) is 0 Å². The summed E-state index contributed by atoms with van der Waals surface area (Å²) >= 11 is 0. The molecule has 1 aromatic carbocycles. The number of nitrogens with zero attached hydrogens (tertiary/aromatic N) is 5. The summed E-state index contributed by atoms with van der Waals surface area (Å²) in [6.45, 7) is 5.12. The van der Waals surface area contributed by atoms with Crippen molar-refractivity contribution in [1.29, 1.82) is 0 Å². The van der Waals surface area contributed by atoms with Crippen LogP contribution in [0.15, 0.2) is 36.5 Å². The SMILES string of the molecule is CC1(C)C(=O)Nc2nc(-c3nn(Cc4ccccc4F)c4ncc(F)cc34)nc3c2C1(C)C(=O)N3. The molecule has 3 aromatic heterocycles. The zero-order valence-electron chi connectivity index (χ0n) is 19.0. The number of carbonyl (C=O) groups excluding carboxylic acids is 2. The van der Waals surface area contributed by atoms with Crippen LogP contribution in [0.4, 0.5) is 20.4 Å². The van der Waals surface area contributed by atoms with E-state index >= 15 is 0 Å². The van der Waals surface area contributed by atoms with Crippen LogP contribution in [0.5, 0.6) is 0 Å². The second-order valence-electron chi connectivity index (χ2n) is 9.40. The topological polar surface area (TPSA) is 115 Å². The first-order valence-corrected chi connectivity index (χ1v) is 10.9. The molecule has 4 aromatic rings. The van der Waals surface area contributed by atoms with Crippen molar-refractivity contribution in [2.75, 3.05) is 10.6 Å². The van der Waals surface area contributed by atoms with Crippen LogP contribution in [0.2, 0.25) is 0 Å². The Morgan fingerprint density at radius 3 is 2.40 bits per heavy atom. The van der Waals surface area contributed by atoms with Crippen LogP contribution in [0, 0.1) is 17.0 Å². The van der Waals surface area contributed by atoms with E-state index in [1.807, 2.05) is 0 Å². The maximum atomic E-state index is 14.3. The van der Waals surface area contributed by atoms with Gasteiger partial charge in [0.25, 0.3) is 0 Å². The van der Waals surface area contributed by atoms with Crippen molar-refractivity contribution in [1.82, 2.24) is 24.7 Å². The van der Waals surface area contributed by atoms with Crippen LogP contribution >= 0.6 is 0 Å². The quantitative estimate of drug-likeness (QED) is 0.469. The van der Waals surface area contributed by atoms with Crippen LogP contribution in [0.25, 0.3) is 22.6 Å². The van der Waals surface area contributed by atoms with Crippen molar-refractivity contribution in [2.45, 2.75) is 32.7 Å². The van der Waals surface area contributed by atoms with Gasteiger partial charge in [-0.3, -0.25) is 9.59 Å². The van der Waals surface area contributed by atoms with Gasteiger partial charge in [0.1, 0.15) is 29.0 Å². The Labute approximate surface area is 197 Å². The monoisotopic (exact) mass is 475 g/mol. The van der Waals surface area contributed by atoms with Gasteiger partial charge in [-0.2, -0.15) is 5.10 Å². The number of anilines is 2. The van der Waals surface area contributed by atoms with Gasteiger partial charge in [0.05, 0.1) is 34.5 Å². The van der Waals surface area contributed by atoms with E-state index in [1.165, 1.54) is 16.8 Å². The highest BCUT2D eigenvalue weighted by Gasteiger charge is 2.61. The second kappa shape index (κ2) is 6.87. The van der Waals surface area contributed by atoms with Gasteiger partial charge in [0.2, 0.25) is 11.8 Å². The molecule has 0 spiro atoms. The van der Waals surface area contributed by atoms with E-state index in [9.17, 15) is 18.4 Å². The summed E-state index contributed by atoms with van der Waals surface area (Å²) in [6.07, 6.45) is 1.05. The normalized spacial score (nSPS) is 20.0. The van der Waals surface area contributed by atoms with Gasteiger partial charge in [0.15, 0.2) is 11.5 Å². The van der Waals surface area contributed by atoms with Crippen molar-refractivity contribution in [2.24, 2.45) is 5.41 Å². The minimum atomic E-state index is -1.17. The fourth-order valence-corrected chi connectivity index (χ4v) is 4.75. The molecule has 2 aliphatic rings. The molecule has 11 heteroatoms. The predicted octanol–water partition coefficient (Wildman–Crippen LogP) is 3.40. The van der Waals surface area contributed by atoms with Crippen LogP contribution < -0.4 is 10.6 Å². The number of nitrogens with one attached hydrogen (secondary N) is 2. The molecule has 0 fully saturated rings. The molecule has 5 heterocycles.